The molecule has 1 aliphatic heterocycles. The first kappa shape index (κ1) is 20.1. The number of nitrogens with one attached hydrogen (secondary N) is 2. The average molecular weight is 454 g/mol. The Bertz CT molecular complexity index is 577. The number of hydrogen-bond acceptors (Lipinski definition) is 2. The summed E-state index contributed by atoms with van der Waals surface area (Å²) in [5.41, 5.74) is 3.08. The van der Waals surface area contributed by atoms with Gasteiger partial charge in [0.2, 0.25) is 0 Å². The van der Waals surface area contributed by atoms with Gasteiger partial charge >= 0.3 is 0 Å². The minimum Gasteiger partial charge on any atom is -0.364 e. The maximum absolute atomic E-state index is 4.36. The zero-order valence-corrected chi connectivity index (χ0v) is 17.8. The normalized spacial score (nSPS) is 18.5. The van der Waals surface area contributed by atoms with E-state index >= 15 is 0 Å². The van der Waals surface area contributed by atoms with Crippen molar-refractivity contribution in [3.8, 4) is 0 Å². The Kier molecular flexibility index (Phi) is 7.59. The molecule has 1 heterocycles. The van der Waals surface area contributed by atoms with Crippen LogP contribution >= 0.6 is 24.0 Å². The van der Waals surface area contributed by atoms with Gasteiger partial charge in [-0.3, -0.25) is 4.99 Å². The van der Waals surface area contributed by atoms with Crippen molar-refractivity contribution in [3.63, 3.8) is 0 Å². The Balaban J connectivity index is 0.00000225. The molecule has 0 bridgehead atoms. The molecule has 0 saturated heterocycles. The van der Waals surface area contributed by atoms with E-state index in [4.69, 9.17) is 0 Å². The number of halogens is 1. The molecule has 3 rings (SSSR count). The Labute approximate surface area is 169 Å². The van der Waals surface area contributed by atoms with Crippen LogP contribution in [0, 0.1) is 5.41 Å². The lowest BCUT2D eigenvalue weighted by Crippen LogP contribution is -2.46. The molecule has 0 radical (unpaired) electrons. The molecule has 5 heteroatoms. The van der Waals surface area contributed by atoms with E-state index in [0.717, 1.165) is 32.1 Å². The summed E-state index contributed by atoms with van der Waals surface area (Å²) in [5, 5.41) is 6.94. The van der Waals surface area contributed by atoms with Gasteiger partial charge in [0.05, 0.1) is 0 Å². The Morgan fingerprint density at radius 3 is 2.32 bits per heavy atom. The minimum atomic E-state index is 0. The van der Waals surface area contributed by atoms with Gasteiger partial charge in [0, 0.05) is 38.9 Å². The second-order valence-corrected chi connectivity index (χ2v) is 7.03. The summed E-state index contributed by atoms with van der Waals surface area (Å²) < 4.78 is 0. The van der Waals surface area contributed by atoms with E-state index in [0.29, 0.717) is 5.41 Å². The molecule has 2 N–H and O–H groups in total. The lowest BCUT2D eigenvalue weighted by molar-refractivity contribution is 0.131. The lowest BCUT2D eigenvalue weighted by atomic mass is 9.67. The molecule has 0 aromatic heterocycles. The third kappa shape index (κ3) is 5.12. The average Bonchev–Trinajstić information content (AvgIpc) is 3.12. The Morgan fingerprint density at radius 2 is 1.80 bits per heavy atom. The molecule has 0 unspecified atom stereocenters. The van der Waals surface area contributed by atoms with Crippen molar-refractivity contribution in [1.29, 1.82) is 0 Å². The molecule has 1 aromatic rings. The van der Waals surface area contributed by atoms with Crippen molar-refractivity contribution in [2.24, 2.45) is 10.4 Å². The zero-order valence-electron chi connectivity index (χ0n) is 15.4. The van der Waals surface area contributed by atoms with E-state index in [1.54, 1.807) is 0 Å². The third-order valence-electron chi connectivity index (χ3n) is 5.60. The molecule has 0 amide bonds. The van der Waals surface area contributed by atoms with E-state index in [1.807, 2.05) is 7.05 Å². The van der Waals surface area contributed by atoms with Crippen molar-refractivity contribution in [3.05, 3.63) is 42.0 Å². The highest BCUT2D eigenvalue weighted by Gasteiger charge is 2.34. The molecular formula is C20H31IN4. The van der Waals surface area contributed by atoms with Crippen LogP contribution in [0.25, 0.3) is 0 Å². The second-order valence-electron chi connectivity index (χ2n) is 7.03. The minimum absolute atomic E-state index is 0. The number of anilines is 1. The molecule has 0 atom stereocenters. The van der Waals surface area contributed by atoms with Gasteiger partial charge in [-0.05, 0) is 42.4 Å². The van der Waals surface area contributed by atoms with Gasteiger partial charge in [0.25, 0.3) is 0 Å². The van der Waals surface area contributed by atoms with Gasteiger partial charge in [-0.15, -0.1) is 24.0 Å². The lowest BCUT2D eigenvalue weighted by Gasteiger charge is -2.41. The highest BCUT2D eigenvalue weighted by Crippen LogP contribution is 2.42. The topological polar surface area (TPSA) is 39.7 Å². The molecule has 2 aliphatic rings. The third-order valence-corrected chi connectivity index (χ3v) is 5.60. The standard InChI is InChI=1S/C20H30N4.HI/c1-3-20(11-6-12-20)16-23-19(21-2)22-15-17-7-9-18(10-8-17)24-13-4-5-14-24;/h4-5,7-10H,3,6,11-16H2,1-2H3,(H2,21,22,23);1H. The van der Waals surface area contributed by atoms with Crippen molar-refractivity contribution in [2.45, 2.75) is 39.2 Å². The zero-order chi connectivity index (χ0) is 16.8. The van der Waals surface area contributed by atoms with Gasteiger partial charge in [-0.25, -0.2) is 0 Å². The summed E-state index contributed by atoms with van der Waals surface area (Å²) in [6.45, 7) is 6.18. The van der Waals surface area contributed by atoms with Crippen molar-refractivity contribution in [2.75, 3.05) is 31.6 Å². The fourth-order valence-corrected chi connectivity index (χ4v) is 3.52. The molecule has 1 aromatic carbocycles. The number of aliphatic imine (C=N–C) groups is 1. The van der Waals surface area contributed by atoms with Crippen LogP contribution in [0.3, 0.4) is 0 Å². The largest absolute Gasteiger partial charge is 0.364 e. The summed E-state index contributed by atoms with van der Waals surface area (Å²) in [4.78, 5) is 6.72. The van der Waals surface area contributed by atoms with Gasteiger partial charge in [0.15, 0.2) is 5.96 Å². The summed E-state index contributed by atoms with van der Waals surface area (Å²) in [6.07, 6.45) is 9.76. The van der Waals surface area contributed by atoms with E-state index < -0.39 is 0 Å². The fraction of sp³-hybridized carbons (Fsp3) is 0.550. The fourth-order valence-electron chi connectivity index (χ4n) is 3.52. The smallest absolute Gasteiger partial charge is 0.191 e. The summed E-state index contributed by atoms with van der Waals surface area (Å²) in [6, 6.07) is 8.82. The van der Waals surface area contributed by atoms with Gasteiger partial charge < -0.3 is 15.5 Å². The molecule has 25 heavy (non-hydrogen) atoms. The molecule has 1 aliphatic carbocycles. The van der Waals surface area contributed by atoms with Gasteiger partial charge in [-0.1, -0.05) is 37.6 Å². The molecule has 1 saturated carbocycles. The number of benzene rings is 1. The van der Waals surface area contributed by atoms with E-state index in [-0.39, 0.29) is 24.0 Å². The first-order valence-corrected chi connectivity index (χ1v) is 9.18. The summed E-state index contributed by atoms with van der Waals surface area (Å²) in [5.74, 6) is 0.905. The van der Waals surface area contributed by atoms with E-state index in [9.17, 15) is 0 Å². The molecule has 4 nitrogen and oxygen atoms in total. The molecule has 1 fully saturated rings. The van der Waals surface area contributed by atoms with Crippen LogP contribution in [-0.4, -0.2) is 32.6 Å². The van der Waals surface area contributed by atoms with E-state index in [2.05, 4.69) is 63.9 Å². The monoisotopic (exact) mass is 454 g/mol. The Hall–Kier alpha value is -1.24. The maximum Gasteiger partial charge on any atom is 0.191 e. The quantitative estimate of drug-likeness (QED) is 0.296. The van der Waals surface area contributed by atoms with Gasteiger partial charge in [-0.2, -0.15) is 0 Å². The first-order chi connectivity index (χ1) is 11.7. The predicted octanol–water partition coefficient (Wildman–Crippen LogP) is 3.93. The molecule has 138 valence electrons. The SMILES string of the molecule is CCC1(CNC(=NC)NCc2ccc(N3CC=CC3)cc2)CCC1.I. The molecular weight excluding hydrogens is 423 g/mol. The van der Waals surface area contributed by atoms with Crippen molar-refractivity contribution < 1.29 is 0 Å². The number of rotatable bonds is 6. The number of hydrogen-bond donors (Lipinski definition) is 2. The second kappa shape index (κ2) is 9.46. The van der Waals surface area contributed by atoms with Crippen molar-refractivity contribution >= 4 is 35.6 Å². The highest BCUT2D eigenvalue weighted by atomic mass is 127. The van der Waals surface area contributed by atoms with Gasteiger partial charge in [0.1, 0.15) is 0 Å². The van der Waals surface area contributed by atoms with Crippen LogP contribution in [0.15, 0.2) is 41.4 Å². The van der Waals surface area contributed by atoms with Crippen LogP contribution < -0.4 is 15.5 Å². The van der Waals surface area contributed by atoms with E-state index in [1.165, 1.54) is 36.9 Å². The predicted molar refractivity (Wildman–Crippen MR) is 118 cm³/mol. The maximum atomic E-state index is 4.36. The summed E-state index contributed by atoms with van der Waals surface area (Å²) >= 11 is 0. The first-order valence-electron chi connectivity index (χ1n) is 9.18. The van der Waals surface area contributed by atoms with Crippen LogP contribution in [0.5, 0.6) is 0 Å². The molecule has 0 spiro atoms. The van der Waals surface area contributed by atoms with Crippen LogP contribution in [-0.2, 0) is 6.54 Å². The number of guanidine groups is 1. The van der Waals surface area contributed by atoms with Crippen molar-refractivity contribution in [1.82, 2.24) is 10.6 Å². The van der Waals surface area contributed by atoms with Crippen LogP contribution in [0.4, 0.5) is 5.69 Å². The highest BCUT2D eigenvalue weighted by molar-refractivity contribution is 14.0. The van der Waals surface area contributed by atoms with Crippen LogP contribution in [0.2, 0.25) is 0 Å². The number of nitrogens with zero attached hydrogens (tertiary/aromatic N) is 2. The summed E-state index contributed by atoms with van der Waals surface area (Å²) in [7, 11) is 1.85. The Morgan fingerprint density at radius 1 is 1.12 bits per heavy atom. The van der Waals surface area contributed by atoms with Crippen LogP contribution in [0.1, 0.15) is 38.2 Å².